The highest BCUT2D eigenvalue weighted by atomic mass is 16.5. The molecule has 0 aliphatic heterocycles. The third-order valence-corrected chi connectivity index (χ3v) is 4.36. The van der Waals surface area contributed by atoms with E-state index in [-0.39, 0.29) is 0 Å². The number of hydrogen-bond donors (Lipinski definition) is 1. The standard InChI is InChI=1S/C14H30N2O/c1-11(10-17-6)16(5)13-9-14(2,3)8-7-12(13)15-4/h11-13,15H,7-10H2,1-6H3. The molecule has 1 saturated carbocycles. The molecule has 102 valence electrons. The Labute approximate surface area is 107 Å². The van der Waals surface area contributed by atoms with E-state index in [1.807, 2.05) is 0 Å². The third-order valence-electron chi connectivity index (χ3n) is 4.36. The summed E-state index contributed by atoms with van der Waals surface area (Å²) in [5.74, 6) is 0. The van der Waals surface area contributed by atoms with Crippen LogP contribution in [-0.4, -0.2) is 50.8 Å². The molecular formula is C14H30N2O. The van der Waals surface area contributed by atoms with Crippen molar-refractivity contribution in [3.63, 3.8) is 0 Å². The summed E-state index contributed by atoms with van der Waals surface area (Å²) in [5.41, 5.74) is 0.471. The Hall–Kier alpha value is -0.120. The highest BCUT2D eigenvalue weighted by Crippen LogP contribution is 2.37. The van der Waals surface area contributed by atoms with E-state index in [1.165, 1.54) is 19.3 Å². The highest BCUT2D eigenvalue weighted by molar-refractivity contribution is 4.94. The van der Waals surface area contributed by atoms with E-state index < -0.39 is 0 Å². The number of methoxy groups -OCH3 is 1. The smallest absolute Gasteiger partial charge is 0.0615 e. The maximum Gasteiger partial charge on any atom is 0.0615 e. The molecule has 0 amide bonds. The summed E-state index contributed by atoms with van der Waals surface area (Å²) in [6, 6.07) is 1.72. The molecule has 0 aromatic rings. The van der Waals surface area contributed by atoms with E-state index in [2.05, 4.69) is 45.1 Å². The first-order valence-corrected chi connectivity index (χ1v) is 6.79. The van der Waals surface area contributed by atoms with Gasteiger partial charge in [-0.15, -0.1) is 0 Å². The molecule has 0 heterocycles. The molecule has 0 aromatic carbocycles. The summed E-state index contributed by atoms with van der Waals surface area (Å²) < 4.78 is 5.27. The molecule has 1 aliphatic carbocycles. The van der Waals surface area contributed by atoms with Gasteiger partial charge in [-0.05, 0) is 45.7 Å². The third kappa shape index (κ3) is 3.94. The van der Waals surface area contributed by atoms with Crippen LogP contribution < -0.4 is 5.32 Å². The second-order valence-corrected chi connectivity index (χ2v) is 6.34. The van der Waals surface area contributed by atoms with E-state index in [9.17, 15) is 0 Å². The number of rotatable bonds is 5. The number of hydrogen-bond acceptors (Lipinski definition) is 3. The van der Waals surface area contributed by atoms with Crippen molar-refractivity contribution in [1.82, 2.24) is 10.2 Å². The summed E-state index contributed by atoms with van der Waals surface area (Å²) in [5, 5.41) is 3.49. The minimum Gasteiger partial charge on any atom is -0.383 e. The molecular weight excluding hydrogens is 212 g/mol. The van der Waals surface area contributed by atoms with Gasteiger partial charge >= 0.3 is 0 Å². The van der Waals surface area contributed by atoms with Crippen LogP contribution in [0.15, 0.2) is 0 Å². The molecule has 0 bridgehead atoms. The van der Waals surface area contributed by atoms with Crippen molar-refractivity contribution in [2.45, 2.75) is 58.2 Å². The van der Waals surface area contributed by atoms with Gasteiger partial charge in [0.15, 0.2) is 0 Å². The van der Waals surface area contributed by atoms with E-state index in [0.717, 1.165) is 6.61 Å². The van der Waals surface area contributed by atoms with Crippen molar-refractivity contribution in [1.29, 1.82) is 0 Å². The van der Waals surface area contributed by atoms with Gasteiger partial charge in [-0.2, -0.15) is 0 Å². The molecule has 3 heteroatoms. The van der Waals surface area contributed by atoms with Crippen molar-refractivity contribution in [3.05, 3.63) is 0 Å². The fourth-order valence-corrected chi connectivity index (χ4v) is 3.00. The van der Waals surface area contributed by atoms with Crippen LogP contribution in [0, 0.1) is 5.41 Å². The van der Waals surface area contributed by atoms with Crippen LogP contribution in [0.2, 0.25) is 0 Å². The lowest BCUT2D eigenvalue weighted by atomic mass is 9.72. The van der Waals surface area contributed by atoms with Crippen molar-refractivity contribution in [2.75, 3.05) is 27.8 Å². The number of nitrogens with zero attached hydrogens (tertiary/aromatic N) is 1. The Kier molecular flexibility index (Phi) is 5.42. The second kappa shape index (κ2) is 6.17. The van der Waals surface area contributed by atoms with Crippen molar-refractivity contribution >= 4 is 0 Å². The monoisotopic (exact) mass is 242 g/mol. The number of likely N-dealkylation sites (N-methyl/N-ethyl adjacent to an activating group) is 2. The average molecular weight is 242 g/mol. The first kappa shape index (κ1) is 14.9. The molecule has 3 nitrogen and oxygen atoms in total. The molecule has 0 aromatic heterocycles. The predicted molar refractivity (Wildman–Crippen MR) is 73.4 cm³/mol. The molecule has 3 atom stereocenters. The van der Waals surface area contributed by atoms with Crippen LogP contribution in [0.3, 0.4) is 0 Å². The maximum absolute atomic E-state index is 5.27. The van der Waals surface area contributed by atoms with Gasteiger partial charge in [0.25, 0.3) is 0 Å². The molecule has 1 N–H and O–H groups in total. The zero-order valence-electron chi connectivity index (χ0n) is 12.4. The fourth-order valence-electron chi connectivity index (χ4n) is 3.00. The number of ether oxygens (including phenoxy) is 1. The zero-order chi connectivity index (χ0) is 13.1. The van der Waals surface area contributed by atoms with Crippen LogP contribution in [0.25, 0.3) is 0 Å². The predicted octanol–water partition coefficient (Wildman–Crippen LogP) is 2.12. The van der Waals surface area contributed by atoms with Crippen molar-refractivity contribution in [3.8, 4) is 0 Å². The molecule has 0 radical (unpaired) electrons. The lowest BCUT2D eigenvalue weighted by Crippen LogP contribution is -2.55. The van der Waals surface area contributed by atoms with Crippen molar-refractivity contribution in [2.24, 2.45) is 5.41 Å². The minimum absolute atomic E-state index is 0.471. The van der Waals surface area contributed by atoms with Gasteiger partial charge in [-0.3, -0.25) is 4.90 Å². The van der Waals surface area contributed by atoms with Crippen molar-refractivity contribution < 1.29 is 4.74 Å². The average Bonchev–Trinajstić information content (AvgIpc) is 2.27. The number of nitrogens with one attached hydrogen (secondary N) is 1. The topological polar surface area (TPSA) is 24.5 Å². The summed E-state index contributed by atoms with van der Waals surface area (Å²) in [4.78, 5) is 2.49. The fraction of sp³-hybridized carbons (Fsp3) is 1.00. The normalized spacial score (nSPS) is 30.5. The summed E-state index contributed by atoms with van der Waals surface area (Å²) in [6.45, 7) is 7.84. The Balaban J connectivity index is 2.68. The van der Waals surface area contributed by atoms with Gasteiger partial charge in [0.1, 0.15) is 0 Å². The first-order chi connectivity index (χ1) is 7.91. The van der Waals surface area contributed by atoms with Gasteiger partial charge in [0.2, 0.25) is 0 Å². The molecule has 1 aliphatic rings. The minimum atomic E-state index is 0.471. The maximum atomic E-state index is 5.27. The van der Waals surface area contributed by atoms with Gasteiger partial charge in [0.05, 0.1) is 6.61 Å². The van der Waals surface area contributed by atoms with Crippen LogP contribution >= 0.6 is 0 Å². The van der Waals surface area contributed by atoms with Gasteiger partial charge in [-0.25, -0.2) is 0 Å². The van der Waals surface area contributed by atoms with Gasteiger partial charge < -0.3 is 10.1 Å². The van der Waals surface area contributed by atoms with E-state index in [1.54, 1.807) is 7.11 Å². The largest absolute Gasteiger partial charge is 0.383 e. The molecule has 17 heavy (non-hydrogen) atoms. The Morgan fingerprint density at radius 3 is 2.65 bits per heavy atom. The molecule has 3 unspecified atom stereocenters. The molecule has 1 rings (SSSR count). The molecule has 1 fully saturated rings. The molecule has 0 spiro atoms. The van der Waals surface area contributed by atoms with Crippen LogP contribution in [-0.2, 0) is 4.74 Å². The van der Waals surface area contributed by atoms with Crippen LogP contribution in [0.1, 0.15) is 40.0 Å². The lowest BCUT2D eigenvalue weighted by Gasteiger charge is -2.46. The van der Waals surface area contributed by atoms with Crippen LogP contribution in [0.5, 0.6) is 0 Å². The Morgan fingerprint density at radius 1 is 1.47 bits per heavy atom. The lowest BCUT2D eigenvalue weighted by molar-refractivity contribution is 0.0324. The quantitative estimate of drug-likeness (QED) is 0.799. The summed E-state index contributed by atoms with van der Waals surface area (Å²) >= 11 is 0. The summed E-state index contributed by atoms with van der Waals surface area (Å²) in [7, 11) is 6.11. The van der Waals surface area contributed by atoms with Gasteiger partial charge in [0, 0.05) is 25.2 Å². The van der Waals surface area contributed by atoms with E-state index in [4.69, 9.17) is 4.74 Å². The zero-order valence-corrected chi connectivity index (χ0v) is 12.4. The Morgan fingerprint density at radius 2 is 2.12 bits per heavy atom. The second-order valence-electron chi connectivity index (χ2n) is 6.34. The van der Waals surface area contributed by atoms with E-state index in [0.29, 0.717) is 23.5 Å². The van der Waals surface area contributed by atoms with E-state index >= 15 is 0 Å². The van der Waals surface area contributed by atoms with Gasteiger partial charge in [-0.1, -0.05) is 13.8 Å². The highest BCUT2D eigenvalue weighted by Gasteiger charge is 2.37. The molecule has 0 saturated heterocycles. The summed E-state index contributed by atoms with van der Waals surface area (Å²) in [6.07, 6.45) is 3.86. The Bertz CT molecular complexity index is 230. The SMILES string of the molecule is CNC1CCC(C)(C)CC1N(C)C(C)COC. The van der Waals surface area contributed by atoms with Crippen LogP contribution in [0.4, 0.5) is 0 Å². The first-order valence-electron chi connectivity index (χ1n) is 6.79.